The van der Waals surface area contributed by atoms with Crippen LogP contribution in [-0.4, -0.2) is 50.1 Å². The number of alkyl halides is 3. The molecule has 0 atom stereocenters. The van der Waals surface area contributed by atoms with Gasteiger partial charge in [-0.05, 0) is 66.4 Å². The number of rotatable bonds is 8. The van der Waals surface area contributed by atoms with Crippen LogP contribution in [0.5, 0.6) is 5.75 Å². The molecule has 1 saturated heterocycles. The Labute approximate surface area is 255 Å². The van der Waals surface area contributed by atoms with Gasteiger partial charge in [-0.1, -0.05) is 55.9 Å². The topological polar surface area (TPSA) is 101 Å². The van der Waals surface area contributed by atoms with Crippen molar-refractivity contribution in [1.29, 1.82) is 0 Å². The van der Waals surface area contributed by atoms with Gasteiger partial charge in [0.05, 0.1) is 34.6 Å². The van der Waals surface area contributed by atoms with Crippen LogP contribution in [0.3, 0.4) is 0 Å². The van der Waals surface area contributed by atoms with Gasteiger partial charge in [-0.15, -0.1) is 13.2 Å². The fourth-order valence-electron chi connectivity index (χ4n) is 4.32. The Hall–Kier alpha value is -4.91. The predicted molar refractivity (Wildman–Crippen MR) is 164 cm³/mol. The zero-order valence-electron chi connectivity index (χ0n) is 23.9. The zero-order chi connectivity index (χ0) is 31.4. The van der Waals surface area contributed by atoms with Gasteiger partial charge in [0.25, 0.3) is 11.8 Å². The normalized spacial score (nSPS) is 14.7. The highest BCUT2D eigenvalue weighted by molar-refractivity contribution is 8.15. The van der Waals surface area contributed by atoms with Gasteiger partial charge in [0.1, 0.15) is 5.75 Å². The molecule has 1 aliphatic heterocycles. The van der Waals surface area contributed by atoms with Crippen LogP contribution in [-0.2, 0) is 4.79 Å². The second kappa shape index (κ2) is 12.8. The van der Waals surface area contributed by atoms with Crippen LogP contribution in [0, 0.1) is 6.92 Å². The number of nitrogens with one attached hydrogen (secondary N) is 1. The first kappa shape index (κ1) is 30.5. The van der Waals surface area contributed by atoms with Crippen molar-refractivity contribution in [2.45, 2.75) is 33.1 Å². The Morgan fingerprint density at radius 3 is 2.45 bits per heavy atom. The molecule has 1 fully saturated rings. The number of carbonyl (C=O) groups excluding carboxylic acids is 2. The molecule has 44 heavy (non-hydrogen) atoms. The van der Waals surface area contributed by atoms with E-state index in [0.29, 0.717) is 27.8 Å². The number of thioether (sulfide) groups is 1. The fourth-order valence-corrected chi connectivity index (χ4v) is 5.13. The minimum absolute atomic E-state index is 0.160. The number of benzene rings is 3. The highest BCUT2D eigenvalue weighted by Crippen LogP contribution is 2.30. The lowest BCUT2D eigenvalue weighted by molar-refractivity contribution is -0.274. The molecule has 0 unspecified atom stereocenters. The fraction of sp³-hybridized carbons (Fsp3) is 0.194. The Morgan fingerprint density at radius 2 is 1.77 bits per heavy atom. The van der Waals surface area contributed by atoms with E-state index in [1.807, 2.05) is 24.3 Å². The average Bonchev–Trinajstić information content (AvgIpc) is 3.54. The summed E-state index contributed by atoms with van der Waals surface area (Å²) in [7, 11) is 0. The van der Waals surface area contributed by atoms with E-state index in [1.54, 1.807) is 48.3 Å². The quantitative estimate of drug-likeness (QED) is 0.213. The molecular weight excluding hydrogens is 593 g/mol. The van der Waals surface area contributed by atoms with E-state index in [9.17, 15) is 22.8 Å². The van der Waals surface area contributed by atoms with E-state index < -0.39 is 12.3 Å². The van der Waals surface area contributed by atoms with Gasteiger partial charge >= 0.3 is 6.36 Å². The molecule has 13 heteroatoms. The van der Waals surface area contributed by atoms with Crippen LogP contribution in [0.4, 0.5) is 24.5 Å². The van der Waals surface area contributed by atoms with Crippen molar-refractivity contribution in [3.05, 3.63) is 101 Å². The lowest BCUT2D eigenvalue weighted by atomic mass is 10.0. The number of aromatic nitrogens is 2. The number of carbonyl (C=O) groups is 2. The molecule has 4 aromatic rings. The molecule has 0 saturated carbocycles. The lowest BCUT2D eigenvalue weighted by Gasteiger charge is -2.12. The van der Waals surface area contributed by atoms with Gasteiger partial charge in [-0.25, -0.2) is 9.67 Å². The Balaban J connectivity index is 1.26. The van der Waals surface area contributed by atoms with E-state index in [-0.39, 0.29) is 23.3 Å². The molecule has 1 aromatic heterocycles. The molecule has 0 bridgehead atoms. The van der Waals surface area contributed by atoms with Crippen molar-refractivity contribution >= 4 is 46.3 Å². The van der Waals surface area contributed by atoms with Crippen LogP contribution in [0.25, 0.3) is 5.69 Å². The van der Waals surface area contributed by atoms with Crippen molar-refractivity contribution < 1.29 is 27.5 Å². The summed E-state index contributed by atoms with van der Waals surface area (Å²) in [6.45, 7) is 5.86. The lowest BCUT2D eigenvalue weighted by Crippen LogP contribution is -2.23. The Morgan fingerprint density at radius 1 is 1.07 bits per heavy atom. The molecule has 0 aliphatic carbocycles. The number of amidine groups is 1. The summed E-state index contributed by atoms with van der Waals surface area (Å²) in [4.78, 5) is 30.1. The zero-order valence-corrected chi connectivity index (χ0v) is 24.7. The summed E-state index contributed by atoms with van der Waals surface area (Å²) < 4.78 is 42.5. The van der Waals surface area contributed by atoms with Crippen molar-refractivity contribution in [3.63, 3.8) is 0 Å². The first-order chi connectivity index (χ1) is 21.0. The number of hydrogen-bond donors (Lipinski definition) is 1. The number of anilines is 1. The maximum absolute atomic E-state index is 12.8. The Bertz CT molecular complexity index is 1730. The van der Waals surface area contributed by atoms with Crippen LogP contribution >= 0.6 is 11.8 Å². The van der Waals surface area contributed by atoms with Gasteiger partial charge in [0, 0.05) is 11.9 Å². The summed E-state index contributed by atoms with van der Waals surface area (Å²) in [6.07, 6.45) is -1.66. The van der Waals surface area contributed by atoms with Gasteiger partial charge < -0.3 is 10.1 Å². The first-order valence-corrected chi connectivity index (χ1v) is 14.5. The molecule has 9 nitrogen and oxygen atoms in total. The monoisotopic (exact) mass is 620 g/mol. The van der Waals surface area contributed by atoms with E-state index in [2.05, 4.69) is 34.1 Å². The molecule has 0 radical (unpaired) electrons. The van der Waals surface area contributed by atoms with E-state index in [4.69, 9.17) is 4.99 Å². The first-order valence-electron chi connectivity index (χ1n) is 13.5. The molecule has 2 amide bonds. The smallest absolute Gasteiger partial charge is 0.406 e. The molecular formula is C31H27F3N6O3S. The van der Waals surface area contributed by atoms with Crippen LogP contribution in [0.15, 0.2) is 89.1 Å². The van der Waals surface area contributed by atoms with Crippen molar-refractivity contribution in [2.24, 2.45) is 10.1 Å². The van der Waals surface area contributed by atoms with Gasteiger partial charge in [-0.2, -0.15) is 15.2 Å². The number of aryl methyl sites for hydroxylation is 1. The third kappa shape index (κ3) is 7.35. The van der Waals surface area contributed by atoms with E-state index >= 15 is 0 Å². The van der Waals surface area contributed by atoms with Crippen LogP contribution in [0.2, 0.25) is 0 Å². The van der Waals surface area contributed by atoms with Crippen molar-refractivity contribution in [1.82, 2.24) is 14.8 Å². The van der Waals surface area contributed by atoms with E-state index in [1.165, 1.54) is 28.9 Å². The molecule has 0 spiro atoms. The van der Waals surface area contributed by atoms with Gasteiger partial charge in [0.2, 0.25) is 0 Å². The van der Waals surface area contributed by atoms with Gasteiger partial charge in [-0.3, -0.25) is 9.59 Å². The summed E-state index contributed by atoms with van der Waals surface area (Å²) in [5.41, 5.74) is 4.36. The van der Waals surface area contributed by atoms with Crippen molar-refractivity contribution in [2.75, 3.05) is 11.1 Å². The van der Waals surface area contributed by atoms with Gasteiger partial charge in [0.15, 0.2) is 5.17 Å². The number of hydrazone groups is 1. The third-order valence-corrected chi connectivity index (χ3v) is 7.40. The number of nitrogens with zero attached hydrogens (tertiary/aromatic N) is 5. The summed E-state index contributed by atoms with van der Waals surface area (Å²) >= 11 is 1.34. The number of halogens is 3. The maximum Gasteiger partial charge on any atom is 0.573 e. The molecule has 2 heterocycles. The number of aliphatic imine (C=N–C) groups is 1. The van der Waals surface area contributed by atoms with E-state index in [0.717, 1.165) is 28.9 Å². The highest BCUT2D eigenvalue weighted by Gasteiger charge is 2.31. The van der Waals surface area contributed by atoms with Crippen molar-refractivity contribution in [3.8, 4) is 11.4 Å². The predicted octanol–water partition coefficient (Wildman–Crippen LogP) is 7.05. The minimum Gasteiger partial charge on any atom is -0.406 e. The number of ether oxygens (including phenoxy) is 1. The standard InChI is InChI=1S/C31H27F3N6O3S/c1-19(2)25-6-4-5-7-27(25)37-30-40(28(41)18-44-30)35-16-21-8-12-23(13-9-21)39-17-26(20(3)38-39)29(42)36-22-10-14-24(15-11-22)43-31(32,33)34/h4-17,19H,18H2,1-3H3,(H,36,42)/b35-16+,37-30?. The van der Waals surface area contributed by atoms with Crippen LogP contribution < -0.4 is 10.1 Å². The minimum atomic E-state index is -4.80. The molecule has 1 N–H and O–H groups in total. The largest absolute Gasteiger partial charge is 0.573 e. The molecule has 5 rings (SSSR count). The summed E-state index contributed by atoms with van der Waals surface area (Å²) in [5, 5.41) is 13.3. The average molecular weight is 621 g/mol. The number of amides is 2. The molecule has 3 aromatic carbocycles. The summed E-state index contributed by atoms with van der Waals surface area (Å²) in [6, 6.07) is 19.9. The highest BCUT2D eigenvalue weighted by atomic mass is 32.2. The Kier molecular flexibility index (Phi) is 8.86. The number of hydrogen-bond acceptors (Lipinski definition) is 7. The maximum atomic E-state index is 12.8. The SMILES string of the molecule is Cc1nn(-c2ccc(/C=N/N3C(=O)CSC3=Nc3ccccc3C(C)C)cc2)cc1C(=O)Nc1ccc(OC(F)(F)F)cc1. The van der Waals surface area contributed by atoms with Crippen LogP contribution in [0.1, 0.15) is 46.9 Å². The third-order valence-electron chi connectivity index (χ3n) is 6.49. The molecule has 1 aliphatic rings. The molecule has 226 valence electrons. The second-order valence-corrected chi connectivity index (χ2v) is 11.0. The number of para-hydroxylation sites is 1. The second-order valence-electron chi connectivity index (χ2n) is 10.0. The summed E-state index contributed by atoms with van der Waals surface area (Å²) in [5.74, 6) is -0.485.